The van der Waals surface area contributed by atoms with Crippen LogP contribution < -0.4 is 5.32 Å². The third-order valence-electron chi connectivity index (χ3n) is 2.93. The molecule has 0 spiro atoms. The highest BCUT2D eigenvalue weighted by Gasteiger charge is 2.30. The molecule has 19 heavy (non-hydrogen) atoms. The van der Waals surface area contributed by atoms with Gasteiger partial charge in [-0.3, -0.25) is 0 Å². The summed E-state index contributed by atoms with van der Waals surface area (Å²) in [5.74, 6) is 0. The highest BCUT2D eigenvalue weighted by atomic mass is 19.3. The van der Waals surface area contributed by atoms with E-state index in [2.05, 4.69) is 5.32 Å². The number of hydrogen-bond acceptors (Lipinski definition) is 3. The van der Waals surface area contributed by atoms with Crippen LogP contribution in [0.3, 0.4) is 0 Å². The summed E-state index contributed by atoms with van der Waals surface area (Å²) in [7, 11) is 0. The Balaban J connectivity index is 2.49. The zero-order valence-electron chi connectivity index (χ0n) is 11.9. The predicted molar refractivity (Wildman–Crippen MR) is 69.5 cm³/mol. The zero-order valence-corrected chi connectivity index (χ0v) is 11.9. The molecule has 1 amide bonds. The summed E-state index contributed by atoms with van der Waals surface area (Å²) < 4.78 is 29.5. The van der Waals surface area contributed by atoms with Gasteiger partial charge in [0.1, 0.15) is 5.60 Å². The summed E-state index contributed by atoms with van der Waals surface area (Å²) in [5.41, 5.74) is -0.532. The van der Waals surface area contributed by atoms with Gasteiger partial charge in [-0.1, -0.05) is 0 Å². The molecule has 1 N–H and O–H groups in total. The number of amides is 1. The average molecular weight is 278 g/mol. The van der Waals surface area contributed by atoms with Gasteiger partial charge in [0.15, 0.2) is 0 Å². The number of likely N-dealkylation sites (tertiary alicyclic amines) is 1. The minimum absolute atomic E-state index is 0.0534. The van der Waals surface area contributed by atoms with Crippen LogP contribution in [0, 0.1) is 0 Å². The van der Waals surface area contributed by atoms with Crippen LogP contribution in [0.1, 0.15) is 40.0 Å². The first-order chi connectivity index (χ1) is 8.79. The SMILES string of the molecule is CC(C)(C)OC(=O)N1CCCCC1CNCC(F)F. The van der Waals surface area contributed by atoms with E-state index >= 15 is 0 Å². The number of halogens is 2. The van der Waals surface area contributed by atoms with Gasteiger partial charge < -0.3 is 15.0 Å². The Bertz CT molecular complexity index is 293. The van der Waals surface area contributed by atoms with E-state index in [0.717, 1.165) is 19.3 Å². The van der Waals surface area contributed by atoms with Crippen LogP contribution in [0.2, 0.25) is 0 Å². The Kier molecular flexibility index (Phi) is 5.97. The lowest BCUT2D eigenvalue weighted by Gasteiger charge is -2.36. The predicted octanol–water partition coefficient (Wildman–Crippen LogP) is 2.63. The van der Waals surface area contributed by atoms with E-state index in [4.69, 9.17) is 4.74 Å². The third-order valence-corrected chi connectivity index (χ3v) is 2.93. The number of rotatable bonds is 4. The minimum Gasteiger partial charge on any atom is -0.444 e. The van der Waals surface area contributed by atoms with Crippen molar-refractivity contribution in [3.05, 3.63) is 0 Å². The maximum absolute atomic E-state index is 12.1. The van der Waals surface area contributed by atoms with Crippen LogP contribution >= 0.6 is 0 Å². The fraction of sp³-hybridized carbons (Fsp3) is 0.923. The fourth-order valence-electron chi connectivity index (χ4n) is 2.13. The Labute approximate surface area is 113 Å². The maximum Gasteiger partial charge on any atom is 0.410 e. The number of ether oxygens (including phenoxy) is 1. The molecule has 1 unspecified atom stereocenters. The monoisotopic (exact) mass is 278 g/mol. The van der Waals surface area contributed by atoms with Crippen LogP contribution in [-0.2, 0) is 4.74 Å². The second kappa shape index (κ2) is 7.03. The molecule has 1 aliphatic rings. The molecule has 0 aromatic heterocycles. The molecule has 0 aromatic rings. The zero-order chi connectivity index (χ0) is 14.5. The molecule has 1 heterocycles. The van der Waals surface area contributed by atoms with Crippen LogP contribution in [0.4, 0.5) is 13.6 Å². The smallest absolute Gasteiger partial charge is 0.410 e. The molecule has 1 atom stereocenters. The van der Waals surface area contributed by atoms with Crippen molar-refractivity contribution in [2.75, 3.05) is 19.6 Å². The molecule has 1 fully saturated rings. The van der Waals surface area contributed by atoms with Gasteiger partial charge in [-0.25, -0.2) is 13.6 Å². The molecule has 0 saturated carbocycles. The Morgan fingerprint density at radius 2 is 2.11 bits per heavy atom. The van der Waals surface area contributed by atoms with Gasteiger partial charge >= 0.3 is 6.09 Å². The van der Waals surface area contributed by atoms with Crippen molar-refractivity contribution in [1.82, 2.24) is 10.2 Å². The van der Waals surface area contributed by atoms with Gasteiger partial charge in [-0.15, -0.1) is 0 Å². The lowest BCUT2D eigenvalue weighted by Crippen LogP contribution is -2.50. The number of carbonyl (C=O) groups excluding carboxylic acids is 1. The molecule has 0 aromatic carbocycles. The number of nitrogens with zero attached hydrogens (tertiary/aromatic N) is 1. The van der Waals surface area contributed by atoms with Gasteiger partial charge in [0, 0.05) is 19.1 Å². The number of carbonyl (C=O) groups is 1. The van der Waals surface area contributed by atoms with E-state index in [-0.39, 0.29) is 18.7 Å². The van der Waals surface area contributed by atoms with E-state index in [0.29, 0.717) is 13.1 Å². The first kappa shape index (κ1) is 16.1. The molecule has 4 nitrogen and oxygen atoms in total. The second-order valence-electron chi connectivity index (χ2n) is 5.87. The van der Waals surface area contributed by atoms with Crippen LogP contribution in [0.15, 0.2) is 0 Å². The van der Waals surface area contributed by atoms with Gasteiger partial charge in [0.05, 0.1) is 6.54 Å². The molecule has 6 heteroatoms. The van der Waals surface area contributed by atoms with E-state index in [1.54, 1.807) is 4.90 Å². The number of nitrogens with one attached hydrogen (secondary N) is 1. The summed E-state index contributed by atoms with van der Waals surface area (Å²) in [6.07, 6.45) is 0.0648. The highest BCUT2D eigenvalue weighted by Crippen LogP contribution is 2.20. The summed E-state index contributed by atoms with van der Waals surface area (Å²) in [6, 6.07) is -0.0534. The van der Waals surface area contributed by atoms with E-state index in [1.165, 1.54) is 0 Å². The van der Waals surface area contributed by atoms with Crippen molar-refractivity contribution in [3.63, 3.8) is 0 Å². The van der Waals surface area contributed by atoms with Crippen molar-refractivity contribution in [2.24, 2.45) is 0 Å². The van der Waals surface area contributed by atoms with E-state index in [1.807, 2.05) is 20.8 Å². The second-order valence-corrected chi connectivity index (χ2v) is 5.87. The largest absolute Gasteiger partial charge is 0.444 e. The summed E-state index contributed by atoms with van der Waals surface area (Å²) >= 11 is 0. The van der Waals surface area contributed by atoms with Crippen LogP contribution in [0.25, 0.3) is 0 Å². The molecule has 0 bridgehead atoms. The van der Waals surface area contributed by atoms with E-state index < -0.39 is 12.0 Å². The van der Waals surface area contributed by atoms with Crippen molar-refractivity contribution in [2.45, 2.75) is 58.1 Å². The van der Waals surface area contributed by atoms with Gasteiger partial charge in [0.25, 0.3) is 6.43 Å². The van der Waals surface area contributed by atoms with E-state index in [9.17, 15) is 13.6 Å². The van der Waals surface area contributed by atoms with Gasteiger partial charge in [-0.2, -0.15) is 0 Å². The Morgan fingerprint density at radius 3 is 2.68 bits per heavy atom. The van der Waals surface area contributed by atoms with Crippen molar-refractivity contribution >= 4 is 6.09 Å². The first-order valence-corrected chi connectivity index (χ1v) is 6.78. The lowest BCUT2D eigenvalue weighted by molar-refractivity contribution is 0.00959. The molecule has 1 aliphatic heterocycles. The van der Waals surface area contributed by atoms with Crippen LogP contribution in [0.5, 0.6) is 0 Å². The third kappa shape index (κ3) is 6.18. The molecular formula is C13H24F2N2O2. The lowest BCUT2D eigenvalue weighted by atomic mass is 10.0. The quantitative estimate of drug-likeness (QED) is 0.859. The molecule has 1 saturated heterocycles. The number of alkyl halides is 2. The molecule has 112 valence electrons. The molecular weight excluding hydrogens is 254 g/mol. The molecule has 0 radical (unpaired) electrons. The highest BCUT2D eigenvalue weighted by molar-refractivity contribution is 5.68. The average Bonchev–Trinajstić information content (AvgIpc) is 2.26. The first-order valence-electron chi connectivity index (χ1n) is 6.78. The Morgan fingerprint density at radius 1 is 1.42 bits per heavy atom. The van der Waals surface area contributed by atoms with Gasteiger partial charge in [-0.05, 0) is 40.0 Å². The normalized spacial score (nSPS) is 20.7. The number of hydrogen-bond donors (Lipinski definition) is 1. The minimum atomic E-state index is -2.36. The fourth-order valence-corrected chi connectivity index (χ4v) is 2.13. The topological polar surface area (TPSA) is 41.6 Å². The van der Waals surface area contributed by atoms with Crippen molar-refractivity contribution in [1.29, 1.82) is 0 Å². The molecule has 0 aliphatic carbocycles. The van der Waals surface area contributed by atoms with Gasteiger partial charge in [0.2, 0.25) is 0 Å². The maximum atomic E-state index is 12.1. The summed E-state index contributed by atoms with van der Waals surface area (Å²) in [6.45, 7) is 6.15. The standard InChI is InChI=1S/C13H24F2N2O2/c1-13(2,3)19-12(18)17-7-5-4-6-10(17)8-16-9-11(14)15/h10-11,16H,4-9H2,1-3H3. The number of piperidine rings is 1. The van der Waals surface area contributed by atoms with Crippen LogP contribution in [-0.4, -0.2) is 48.7 Å². The Hall–Kier alpha value is -0.910. The summed E-state index contributed by atoms with van der Waals surface area (Å²) in [5, 5.41) is 2.70. The molecule has 1 rings (SSSR count). The summed E-state index contributed by atoms with van der Waals surface area (Å²) in [4.78, 5) is 13.7. The van der Waals surface area contributed by atoms with Crippen molar-refractivity contribution in [3.8, 4) is 0 Å². The van der Waals surface area contributed by atoms with Crippen molar-refractivity contribution < 1.29 is 18.3 Å².